The molecule has 1 fully saturated rings. The number of amides is 1. The summed E-state index contributed by atoms with van der Waals surface area (Å²) in [6, 6.07) is 1.68. The largest absolute Gasteiger partial charge is 0.467 e. The van der Waals surface area contributed by atoms with Crippen molar-refractivity contribution in [3.05, 3.63) is 23.7 Å². The van der Waals surface area contributed by atoms with Crippen LogP contribution in [0.15, 0.2) is 16.7 Å². The fraction of sp³-hybridized carbons (Fsp3) is 0.643. The van der Waals surface area contributed by atoms with Gasteiger partial charge in [-0.2, -0.15) is 0 Å². The molecule has 0 bridgehead atoms. The predicted octanol–water partition coefficient (Wildman–Crippen LogP) is 0.436. The maximum absolute atomic E-state index is 11.9. The van der Waals surface area contributed by atoms with E-state index in [1.807, 2.05) is 0 Å². The van der Waals surface area contributed by atoms with Gasteiger partial charge in [0.1, 0.15) is 12.0 Å². The number of carbonyl (C=O) groups excluding carboxylic acids is 1. The Morgan fingerprint density at radius 3 is 2.90 bits per heavy atom. The zero-order chi connectivity index (χ0) is 14.4. The molecule has 0 saturated carbocycles. The lowest BCUT2D eigenvalue weighted by molar-refractivity contribution is 0.0317. The number of furan rings is 1. The molecule has 1 unspecified atom stereocenters. The van der Waals surface area contributed by atoms with Crippen LogP contribution in [-0.4, -0.2) is 50.2 Å². The molecule has 0 aliphatic carbocycles. The summed E-state index contributed by atoms with van der Waals surface area (Å²) in [5.74, 6) is 0.914. The summed E-state index contributed by atoms with van der Waals surface area (Å²) in [6.45, 7) is 7.62. The van der Waals surface area contributed by atoms with E-state index in [0.717, 1.165) is 32.8 Å². The van der Waals surface area contributed by atoms with Crippen molar-refractivity contribution in [3.8, 4) is 0 Å². The van der Waals surface area contributed by atoms with Gasteiger partial charge in [-0.15, -0.1) is 0 Å². The topological polar surface area (TPSA) is 80.7 Å². The minimum absolute atomic E-state index is 0.109. The van der Waals surface area contributed by atoms with E-state index in [2.05, 4.69) is 17.1 Å². The van der Waals surface area contributed by atoms with Gasteiger partial charge < -0.3 is 20.2 Å². The minimum atomic E-state index is -0.109. The van der Waals surface area contributed by atoms with Gasteiger partial charge in [0, 0.05) is 26.2 Å². The van der Waals surface area contributed by atoms with Crippen molar-refractivity contribution in [1.29, 1.82) is 0 Å². The van der Waals surface area contributed by atoms with Crippen LogP contribution in [0.1, 0.15) is 23.0 Å². The summed E-state index contributed by atoms with van der Waals surface area (Å²) in [5, 5.41) is 2.93. The third-order valence-electron chi connectivity index (χ3n) is 3.40. The standard InChI is InChI=1S/C14H23N3O3/c1-11(9-17-2-4-19-5-3-17)8-16-14(18)12-6-13(7-15)20-10-12/h6,10-11H,2-5,7-9,15H2,1H3,(H,16,18). The molecule has 0 aromatic carbocycles. The van der Waals surface area contributed by atoms with Crippen LogP contribution >= 0.6 is 0 Å². The number of nitrogens with two attached hydrogens (primary N) is 1. The third-order valence-corrected chi connectivity index (χ3v) is 3.40. The second kappa shape index (κ2) is 7.42. The Balaban J connectivity index is 1.71. The number of carbonyl (C=O) groups is 1. The van der Waals surface area contributed by atoms with E-state index in [1.165, 1.54) is 6.26 Å². The van der Waals surface area contributed by atoms with Gasteiger partial charge in [0.15, 0.2) is 0 Å². The Hall–Kier alpha value is -1.37. The van der Waals surface area contributed by atoms with Gasteiger partial charge >= 0.3 is 0 Å². The van der Waals surface area contributed by atoms with E-state index < -0.39 is 0 Å². The highest BCUT2D eigenvalue weighted by atomic mass is 16.5. The molecule has 1 aromatic heterocycles. The molecule has 20 heavy (non-hydrogen) atoms. The maximum atomic E-state index is 11.9. The normalized spacial score (nSPS) is 17.9. The van der Waals surface area contributed by atoms with Crippen LogP contribution in [0.2, 0.25) is 0 Å². The average Bonchev–Trinajstić information content (AvgIpc) is 2.95. The molecular weight excluding hydrogens is 258 g/mol. The number of nitrogens with one attached hydrogen (secondary N) is 1. The summed E-state index contributed by atoms with van der Waals surface area (Å²) in [6.07, 6.45) is 1.45. The molecule has 0 radical (unpaired) electrons. The van der Waals surface area contributed by atoms with Crippen molar-refractivity contribution in [1.82, 2.24) is 10.2 Å². The lowest BCUT2D eigenvalue weighted by atomic mass is 10.1. The molecule has 1 aliphatic rings. The molecule has 6 heteroatoms. The highest BCUT2D eigenvalue weighted by molar-refractivity contribution is 5.93. The van der Waals surface area contributed by atoms with Crippen LogP contribution in [0.5, 0.6) is 0 Å². The van der Waals surface area contributed by atoms with Crippen molar-refractivity contribution < 1.29 is 13.9 Å². The van der Waals surface area contributed by atoms with Gasteiger partial charge in [-0.1, -0.05) is 6.92 Å². The Labute approximate surface area is 119 Å². The summed E-state index contributed by atoms with van der Waals surface area (Å²) in [7, 11) is 0. The summed E-state index contributed by atoms with van der Waals surface area (Å²) >= 11 is 0. The van der Waals surface area contributed by atoms with E-state index in [4.69, 9.17) is 14.9 Å². The predicted molar refractivity (Wildman–Crippen MR) is 75.4 cm³/mol. The Morgan fingerprint density at radius 1 is 1.50 bits per heavy atom. The number of ether oxygens (including phenoxy) is 1. The van der Waals surface area contributed by atoms with Gasteiger partial charge in [0.25, 0.3) is 5.91 Å². The first-order chi connectivity index (χ1) is 9.69. The quantitative estimate of drug-likeness (QED) is 0.790. The molecule has 1 amide bonds. The monoisotopic (exact) mass is 281 g/mol. The SMILES string of the molecule is CC(CNC(=O)c1coc(CN)c1)CN1CCOCC1. The molecule has 0 spiro atoms. The van der Waals surface area contributed by atoms with Gasteiger partial charge in [-0.25, -0.2) is 0 Å². The molecule has 2 rings (SSSR count). The van der Waals surface area contributed by atoms with E-state index >= 15 is 0 Å². The fourth-order valence-corrected chi connectivity index (χ4v) is 2.26. The molecule has 1 aromatic rings. The number of nitrogens with zero attached hydrogens (tertiary/aromatic N) is 1. The number of hydrogen-bond acceptors (Lipinski definition) is 5. The van der Waals surface area contributed by atoms with Crippen LogP contribution in [0.3, 0.4) is 0 Å². The van der Waals surface area contributed by atoms with E-state index in [0.29, 0.717) is 30.3 Å². The third kappa shape index (κ3) is 4.33. The molecule has 112 valence electrons. The van der Waals surface area contributed by atoms with Gasteiger partial charge in [0.05, 0.1) is 25.3 Å². The smallest absolute Gasteiger partial charge is 0.254 e. The molecule has 6 nitrogen and oxygen atoms in total. The van der Waals surface area contributed by atoms with Crippen LogP contribution in [0.4, 0.5) is 0 Å². The second-order valence-electron chi connectivity index (χ2n) is 5.23. The first-order valence-corrected chi connectivity index (χ1v) is 7.05. The lowest BCUT2D eigenvalue weighted by Gasteiger charge is -2.29. The van der Waals surface area contributed by atoms with Crippen molar-refractivity contribution in [3.63, 3.8) is 0 Å². The number of rotatable bonds is 6. The molecular formula is C14H23N3O3. The van der Waals surface area contributed by atoms with Crippen LogP contribution in [0.25, 0.3) is 0 Å². The van der Waals surface area contributed by atoms with Crippen LogP contribution < -0.4 is 11.1 Å². The second-order valence-corrected chi connectivity index (χ2v) is 5.23. The number of morpholine rings is 1. The highest BCUT2D eigenvalue weighted by Crippen LogP contribution is 2.07. The lowest BCUT2D eigenvalue weighted by Crippen LogP contribution is -2.41. The molecule has 1 saturated heterocycles. The molecule has 2 heterocycles. The first kappa shape index (κ1) is 15.0. The Bertz CT molecular complexity index is 427. The zero-order valence-electron chi connectivity index (χ0n) is 11.9. The van der Waals surface area contributed by atoms with E-state index in [9.17, 15) is 4.79 Å². The fourth-order valence-electron chi connectivity index (χ4n) is 2.26. The Morgan fingerprint density at radius 2 is 2.25 bits per heavy atom. The van der Waals surface area contributed by atoms with Gasteiger partial charge in [-0.05, 0) is 12.0 Å². The van der Waals surface area contributed by atoms with E-state index in [1.54, 1.807) is 6.07 Å². The molecule has 1 atom stereocenters. The van der Waals surface area contributed by atoms with Crippen molar-refractivity contribution in [2.24, 2.45) is 11.7 Å². The van der Waals surface area contributed by atoms with Gasteiger partial charge in [0.2, 0.25) is 0 Å². The molecule has 1 aliphatic heterocycles. The van der Waals surface area contributed by atoms with Gasteiger partial charge in [-0.3, -0.25) is 9.69 Å². The summed E-state index contributed by atoms with van der Waals surface area (Å²) in [4.78, 5) is 14.3. The Kier molecular flexibility index (Phi) is 5.58. The summed E-state index contributed by atoms with van der Waals surface area (Å²) in [5.41, 5.74) is 5.98. The maximum Gasteiger partial charge on any atom is 0.254 e. The minimum Gasteiger partial charge on any atom is -0.467 e. The number of hydrogen-bond donors (Lipinski definition) is 2. The summed E-state index contributed by atoms with van der Waals surface area (Å²) < 4.78 is 10.5. The van der Waals surface area contributed by atoms with Crippen molar-refractivity contribution >= 4 is 5.91 Å². The van der Waals surface area contributed by atoms with E-state index in [-0.39, 0.29) is 5.91 Å². The highest BCUT2D eigenvalue weighted by Gasteiger charge is 2.15. The van der Waals surface area contributed by atoms with Crippen molar-refractivity contribution in [2.75, 3.05) is 39.4 Å². The van der Waals surface area contributed by atoms with Crippen LogP contribution in [0, 0.1) is 5.92 Å². The molecule has 3 N–H and O–H groups in total. The zero-order valence-corrected chi connectivity index (χ0v) is 11.9. The first-order valence-electron chi connectivity index (χ1n) is 7.05. The van der Waals surface area contributed by atoms with Crippen molar-refractivity contribution in [2.45, 2.75) is 13.5 Å². The van der Waals surface area contributed by atoms with Crippen LogP contribution in [-0.2, 0) is 11.3 Å². The average molecular weight is 281 g/mol.